The molecule has 3 rings (SSSR count). The zero-order valence-corrected chi connectivity index (χ0v) is 13.7. The van der Waals surface area contributed by atoms with Gasteiger partial charge in [0.15, 0.2) is 0 Å². The number of nitrogens with zero attached hydrogens (tertiary/aromatic N) is 3. The van der Waals surface area contributed by atoms with Crippen LogP contribution in [-0.4, -0.2) is 31.9 Å². The summed E-state index contributed by atoms with van der Waals surface area (Å²) in [6.07, 6.45) is 10.6. The largest absolute Gasteiger partial charge is 0.364 e. The number of amides is 1. The maximum atomic E-state index is 11.4. The summed E-state index contributed by atoms with van der Waals surface area (Å²) >= 11 is 0. The Morgan fingerprint density at radius 1 is 1.40 bits per heavy atom. The first-order valence-corrected chi connectivity index (χ1v) is 7.69. The summed E-state index contributed by atoms with van der Waals surface area (Å²) in [6, 6.07) is 5.68. The molecular formula is C18H18N6O. The summed E-state index contributed by atoms with van der Waals surface area (Å²) in [5.41, 5.74) is 10.2. The average molecular weight is 334 g/mol. The van der Waals surface area contributed by atoms with Gasteiger partial charge >= 0.3 is 0 Å². The van der Waals surface area contributed by atoms with Gasteiger partial charge in [0, 0.05) is 43.3 Å². The fourth-order valence-corrected chi connectivity index (χ4v) is 2.56. The number of carbonyl (C=O) groups is 1. The van der Waals surface area contributed by atoms with Crippen LogP contribution in [0.4, 0.5) is 0 Å². The zero-order valence-electron chi connectivity index (χ0n) is 13.7. The van der Waals surface area contributed by atoms with E-state index in [1.807, 2.05) is 31.6 Å². The van der Waals surface area contributed by atoms with E-state index >= 15 is 0 Å². The third-order valence-electron chi connectivity index (χ3n) is 3.78. The van der Waals surface area contributed by atoms with E-state index < -0.39 is 5.91 Å². The van der Waals surface area contributed by atoms with E-state index in [4.69, 9.17) is 11.1 Å². The lowest BCUT2D eigenvalue weighted by molar-refractivity contribution is 0.0996. The van der Waals surface area contributed by atoms with Crippen molar-refractivity contribution in [2.24, 2.45) is 12.8 Å². The zero-order chi connectivity index (χ0) is 17.8. The van der Waals surface area contributed by atoms with Gasteiger partial charge in [-0.25, -0.2) is 0 Å². The molecule has 0 atom stereocenters. The molecule has 3 heterocycles. The number of primary amides is 1. The SMILES string of the molecule is Cn1cc(-c2ccc(Cc3cc(C(N)=O)[nH]c3/C=C\C=N)cn2)cn1. The Hall–Kier alpha value is -3.48. The highest BCUT2D eigenvalue weighted by molar-refractivity contribution is 5.92. The van der Waals surface area contributed by atoms with Crippen molar-refractivity contribution in [2.45, 2.75) is 6.42 Å². The minimum absolute atomic E-state index is 0.347. The summed E-state index contributed by atoms with van der Waals surface area (Å²) < 4.78 is 1.73. The maximum absolute atomic E-state index is 11.4. The fourth-order valence-electron chi connectivity index (χ4n) is 2.56. The van der Waals surface area contributed by atoms with Gasteiger partial charge in [-0.1, -0.05) is 6.07 Å². The highest BCUT2D eigenvalue weighted by Gasteiger charge is 2.11. The van der Waals surface area contributed by atoms with Gasteiger partial charge in [0.05, 0.1) is 11.9 Å². The van der Waals surface area contributed by atoms with Crippen molar-refractivity contribution in [3.8, 4) is 11.3 Å². The van der Waals surface area contributed by atoms with Crippen LogP contribution in [0.5, 0.6) is 0 Å². The van der Waals surface area contributed by atoms with Crippen molar-refractivity contribution in [3.05, 3.63) is 65.4 Å². The standard InChI is InChI=1S/C18H18N6O/c1-24-11-14(10-22-24)15-5-4-12(9-21-15)7-13-8-17(18(20)25)23-16(13)3-2-6-19/h2-6,8-11,19,23H,7H2,1H3,(H2,20,25)/b3-2-,19-6?. The van der Waals surface area contributed by atoms with Crippen molar-refractivity contribution in [2.75, 3.05) is 0 Å². The number of H-pyrrole nitrogens is 1. The van der Waals surface area contributed by atoms with Gasteiger partial charge in [-0.15, -0.1) is 0 Å². The molecule has 25 heavy (non-hydrogen) atoms. The second-order valence-corrected chi connectivity index (χ2v) is 5.64. The van der Waals surface area contributed by atoms with Crippen LogP contribution in [0.15, 0.2) is 42.9 Å². The number of pyridine rings is 1. The molecule has 3 aromatic rings. The van der Waals surface area contributed by atoms with E-state index in [0.29, 0.717) is 12.1 Å². The van der Waals surface area contributed by atoms with Crippen LogP contribution in [0.2, 0.25) is 0 Å². The van der Waals surface area contributed by atoms with Gasteiger partial charge in [0.25, 0.3) is 5.91 Å². The van der Waals surface area contributed by atoms with Crippen molar-refractivity contribution in [1.29, 1.82) is 5.41 Å². The van der Waals surface area contributed by atoms with Crippen LogP contribution in [-0.2, 0) is 13.5 Å². The predicted molar refractivity (Wildman–Crippen MR) is 96.4 cm³/mol. The van der Waals surface area contributed by atoms with Crippen LogP contribution in [0.1, 0.15) is 27.3 Å². The number of rotatable bonds is 6. The number of hydrogen-bond donors (Lipinski definition) is 3. The van der Waals surface area contributed by atoms with Crippen LogP contribution in [0.25, 0.3) is 17.3 Å². The molecule has 4 N–H and O–H groups in total. The second kappa shape index (κ2) is 6.96. The summed E-state index contributed by atoms with van der Waals surface area (Å²) in [7, 11) is 1.86. The van der Waals surface area contributed by atoms with Crippen LogP contribution < -0.4 is 5.73 Å². The molecule has 0 saturated carbocycles. The monoisotopic (exact) mass is 334 g/mol. The number of hydrogen-bond acceptors (Lipinski definition) is 4. The molecular weight excluding hydrogens is 316 g/mol. The van der Waals surface area contributed by atoms with Crippen molar-refractivity contribution in [3.63, 3.8) is 0 Å². The molecule has 7 nitrogen and oxygen atoms in total. The molecule has 7 heteroatoms. The van der Waals surface area contributed by atoms with Gasteiger partial charge in [-0.05, 0) is 35.4 Å². The van der Waals surface area contributed by atoms with Gasteiger partial charge in [-0.3, -0.25) is 14.5 Å². The molecule has 3 aromatic heterocycles. The minimum atomic E-state index is -0.513. The van der Waals surface area contributed by atoms with Crippen molar-refractivity contribution < 1.29 is 4.79 Å². The average Bonchev–Trinajstić information content (AvgIpc) is 3.20. The van der Waals surface area contributed by atoms with E-state index in [2.05, 4.69) is 15.1 Å². The fraction of sp³-hybridized carbons (Fsp3) is 0.111. The van der Waals surface area contributed by atoms with Crippen LogP contribution in [0, 0.1) is 5.41 Å². The lowest BCUT2D eigenvalue weighted by atomic mass is 10.1. The molecule has 0 aromatic carbocycles. The van der Waals surface area contributed by atoms with E-state index in [-0.39, 0.29) is 0 Å². The highest BCUT2D eigenvalue weighted by atomic mass is 16.1. The molecule has 126 valence electrons. The number of aromatic amines is 1. The molecule has 0 aliphatic heterocycles. The summed E-state index contributed by atoms with van der Waals surface area (Å²) in [6.45, 7) is 0. The Morgan fingerprint density at radius 3 is 2.84 bits per heavy atom. The first-order chi connectivity index (χ1) is 12.1. The van der Waals surface area contributed by atoms with Gasteiger partial charge in [-0.2, -0.15) is 5.10 Å². The molecule has 0 spiro atoms. The van der Waals surface area contributed by atoms with Crippen LogP contribution >= 0.6 is 0 Å². The number of allylic oxidation sites excluding steroid dienone is 1. The Kier molecular flexibility index (Phi) is 4.56. The van der Waals surface area contributed by atoms with E-state index in [1.54, 1.807) is 29.1 Å². The number of nitrogens with one attached hydrogen (secondary N) is 2. The smallest absolute Gasteiger partial charge is 0.265 e. The maximum Gasteiger partial charge on any atom is 0.265 e. The Balaban J connectivity index is 1.85. The van der Waals surface area contributed by atoms with Crippen molar-refractivity contribution in [1.82, 2.24) is 19.7 Å². The highest BCUT2D eigenvalue weighted by Crippen LogP contribution is 2.20. The Bertz CT molecular complexity index is 933. The Morgan fingerprint density at radius 2 is 2.24 bits per heavy atom. The number of aryl methyl sites for hydroxylation is 1. The molecule has 0 aliphatic rings. The first kappa shape index (κ1) is 16.4. The predicted octanol–water partition coefficient (Wildman–Crippen LogP) is 2.16. The van der Waals surface area contributed by atoms with Gasteiger partial charge in [0.2, 0.25) is 0 Å². The quantitative estimate of drug-likeness (QED) is 0.600. The third kappa shape index (κ3) is 3.72. The Labute approximate surface area is 144 Å². The molecule has 0 saturated heterocycles. The number of aromatic nitrogens is 4. The normalized spacial score (nSPS) is 11.1. The van der Waals surface area contributed by atoms with Gasteiger partial charge in [0.1, 0.15) is 5.69 Å². The third-order valence-corrected chi connectivity index (χ3v) is 3.78. The summed E-state index contributed by atoms with van der Waals surface area (Å²) in [4.78, 5) is 18.9. The van der Waals surface area contributed by atoms with E-state index in [0.717, 1.165) is 28.1 Å². The first-order valence-electron chi connectivity index (χ1n) is 7.69. The molecule has 0 bridgehead atoms. The van der Waals surface area contributed by atoms with Crippen molar-refractivity contribution >= 4 is 18.2 Å². The topological polar surface area (TPSA) is 113 Å². The summed E-state index contributed by atoms with van der Waals surface area (Å²) in [5, 5.41) is 11.3. The number of carbonyl (C=O) groups excluding carboxylic acids is 1. The second-order valence-electron chi connectivity index (χ2n) is 5.64. The minimum Gasteiger partial charge on any atom is -0.364 e. The molecule has 0 fully saturated rings. The van der Waals surface area contributed by atoms with E-state index in [9.17, 15) is 4.79 Å². The molecule has 0 unspecified atom stereocenters. The van der Waals surface area contributed by atoms with Crippen LogP contribution in [0.3, 0.4) is 0 Å². The van der Waals surface area contributed by atoms with Gasteiger partial charge < -0.3 is 16.1 Å². The lowest BCUT2D eigenvalue weighted by Crippen LogP contribution is -2.11. The molecule has 0 radical (unpaired) electrons. The number of nitrogens with two attached hydrogens (primary N) is 1. The van der Waals surface area contributed by atoms with E-state index in [1.165, 1.54) is 6.21 Å². The lowest BCUT2D eigenvalue weighted by Gasteiger charge is -2.02. The summed E-state index contributed by atoms with van der Waals surface area (Å²) in [5.74, 6) is -0.513. The molecule has 0 aliphatic carbocycles. The molecule has 1 amide bonds.